The molecule has 5 heteroatoms. The summed E-state index contributed by atoms with van der Waals surface area (Å²) in [7, 11) is -0.439. The molecule has 4 nitrogen and oxygen atoms in total. The second-order valence-corrected chi connectivity index (χ2v) is 13.7. The van der Waals surface area contributed by atoms with Gasteiger partial charge in [0.25, 0.3) is 5.91 Å². The maximum Gasteiger partial charge on any atom is 0.258 e. The van der Waals surface area contributed by atoms with Crippen molar-refractivity contribution in [1.29, 1.82) is 0 Å². The first-order valence-corrected chi connectivity index (χ1v) is 12.9. The zero-order valence-electron chi connectivity index (χ0n) is 18.2. The summed E-state index contributed by atoms with van der Waals surface area (Å²) in [6.45, 7) is 11.0. The molecule has 0 unspecified atom stereocenters. The molecule has 1 saturated heterocycles. The Morgan fingerprint density at radius 3 is 2.17 bits per heavy atom. The van der Waals surface area contributed by atoms with Gasteiger partial charge < -0.3 is 14.1 Å². The molecule has 1 amide bonds. The van der Waals surface area contributed by atoms with E-state index in [1.165, 1.54) is 0 Å². The van der Waals surface area contributed by atoms with Crippen LogP contribution in [0.25, 0.3) is 6.08 Å². The van der Waals surface area contributed by atoms with Crippen molar-refractivity contribution < 1.29 is 14.0 Å². The lowest BCUT2D eigenvalue weighted by Gasteiger charge is -2.50. The third-order valence-corrected chi connectivity index (χ3v) is 10.4. The van der Waals surface area contributed by atoms with Crippen molar-refractivity contribution in [1.82, 2.24) is 0 Å². The predicted octanol–water partition coefficient (Wildman–Crippen LogP) is 5.51. The van der Waals surface area contributed by atoms with Gasteiger partial charge in [-0.05, 0) is 48.0 Å². The van der Waals surface area contributed by atoms with E-state index in [-0.39, 0.29) is 17.0 Å². The smallest absolute Gasteiger partial charge is 0.258 e. The van der Waals surface area contributed by atoms with Crippen molar-refractivity contribution in [2.75, 3.05) is 12.0 Å². The number of methoxy groups -OCH3 is 1. The van der Waals surface area contributed by atoms with E-state index in [1.807, 2.05) is 47.4 Å². The Morgan fingerprint density at radius 2 is 1.62 bits per heavy atom. The topological polar surface area (TPSA) is 38.8 Å². The van der Waals surface area contributed by atoms with Crippen molar-refractivity contribution in [3.05, 3.63) is 66.2 Å². The standard InChI is InChI=1S/C24H31NO3Si/c1-24(2,3)29(5,6)28-22-21(17-12-18-10-8-7-9-11-18)25(23(22)26)19-13-15-20(27-4)16-14-19/h7-17,21-22H,1-6H3/b17-12+/t21-,22+/m1/s1. The zero-order chi connectivity index (χ0) is 21.2. The van der Waals surface area contributed by atoms with Gasteiger partial charge >= 0.3 is 0 Å². The minimum absolute atomic E-state index is 0.0164. The fourth-order valence-electron chi connectivity index (χ4n) is 3.10. The molecule has 2 atom stereocenters. The zero-order valence-corrected chi connectivity index (χ0v) is 19.2. The van der Waals surface area contributed by atoms with Crippen LogP contribution < -0.4 is 9.64 Å². The van der Waals surface area contributed by atoms with Crippen LogP contribution in [-0.2, 0) is 9.22 Å². The van der Waals surface area contributed by atoms with Crippen LogP contribution in [0.15, 0.2) is 60.7 Å². The SMILES string of the molecule is COc1ccc(N2C(=O)[C@@H](O[Si](C)(C)C(C)(C)C)[C@H]2/C=C/c2ccccc2)cc1. The van der Waals surface area contributed by atoms with Gasteiger partial charge in [-0.3, -0.25) is 4.79 Å². The van der Waals surface area contributed by atoms with E-state index < -0.39 is 14.4 Å². The van der Waals surface area contributed by atoms with Gasteiger partial charge in [-0.1, -0.05) is 63.3 Å². The molecule has 154 valence electrons. The number of hydrogen-bond acceptors (Lipinski definition) is 3. The van der Waals surface area contributed by atoms with E-state index in [1.54, 1.807) is 7.11 Å². The van der Waals surface area contributed by atoms with Gasteiger partial charge in [0.2, 0.25) is 0 Å². The second kappa shape index (κ2) is 8.17. The first kappa shape index (κ1) is 21.3. The van der Waals surface area contributed by atoms with E-state index in [4.69, 9.17) is 9.16 Å². The van der Waals surface area contributed by atoms with E-state index >= 15 is 0 Å². The monoisotopic (exact) mass is 409 g/mol. The van der Waals surface area contributed by atoms with Gasteiger partial charge in [-0.15, -0.1) is 0 Å². The van der Waals surface area contributed by atoms with Gasteiger partial charge in [-0.2, -0.15) is 0 Å². The molecule has 0 saturated carbocycles. The predicted molar refractivity (Wildman–Crippen MR) is 122 cm³/mol. The van der Waals surface area contributed by atoms with E-state index in [9.17, 15) is 4.79 Å². The highest BCUT2D eigenvalue weighted by Gasteiger charge is 2.52. The van der Waals surface area contributed by atoms with Crippen LogP contribution in [0.4, 0.5) is 5.69 Å². The summed E-state index contributed by atoms with van der Waals surface area (Å²) in [4.78, 5) is 14.9. The van der Waals surface area contributed by atoms with Crippen LogP contribution in [0.2, 0.25) is 18.1 Å². The molecule has 1 heterocycles. The summed E-state index contributed by atoms with van der Waals surface area (Å²) in [6.07, 6.45) is 3.70. The molecule has 2 aromatic rings. The molecule has 1 aliphatic heterocycles. The van der Waals surface area contributed by atoms with Crippen molar-refractivity contribution in [2.24, 2.45) is 0 Å². The van der Waals surface area contributed by atoms with Crippen LogP contribution in [0.1, 0.15) is 26.3 Å². The van der Waals surface area contributed by atoms with Crippen LogP contribution >= 0.6 is 0 Å². The molecule has 1 aliphatic rings. The molecule has 3 rings (SSSR count). The number of rotatable bonds is 6. The number of benzene rings is 2. The average Bonchev–Trinajstić information content (AvgIpc) is 2.69. The quantitative estimate of drug-likeness (QED) is 0.466. The van der Waals surface area contributed by atoms with Gasteiger partial charge in [0.05, 0.1) is 13.2 Å². The molecule has 29 heavy (non-hydrogen) atoms. The number of amides is 1. The molecule has 0 bridgehead atoms. The van der Waals surface area contributed by atoms with Gasteiger partial charge in [0.1, 0.15) is 11.9 Å². The van der Waals surface area contributed by atoms with Crippen molar-refractivity contribution >= 4 is 26.0 Å². The molecule has 0 N–H and O–H groups in total. The number of β-lactam (4-membered cyclic amide) rings is 1. The van der Waals surface area contributed by atoms with Crippen molar-refractivity contribution in [3.8, 4) is 5.75 Å². The maximum atomic E-state index is 13.1. The number of hydrogen-bond donors (Lipinski definition) is 0. The Hall–Kier alpha value is -2.37. The maximum absolute atomic E-state index is 13.1. The van der Waals surface area contributed by atoms with Gasteiger partial charge in [-0.25, -0.2) is 0 Å². The minimum atomic E-state index is -2.08. The van der Waals surface area contributed by atoms with Crippen LogP contribution in [0.3, 0.4) is 0 Å². The van der Waals surface area contributed by atoms with Gasteiger partial charge in [0.15, 0.2) is 8.32 Å². The highest BCUT2D eigenvalue weighted by Crippen LogP contribution is 2.41. The van der Waals surface area contributed by atoms with E-state index in [0.717, 1.165) is 17.0 Å². The molecule has 0 radical (unpaired) electrons. The van der Waals surface area contributed by atoms with E-state index in [0.29, 0.717) is 0 Å². The molecule has 0 spiro atoms. The lowest BCUT2D eigenvalue weighted by atomic mass is 9.95. The summed E-state index contributed by atoms with van der Waals surface area (Å²) in [5, 5.41) is 0.0432. The normalized spacial score (nSPS) is 20.1. The number of nitrogens with zero attached hydrogens (tertiary/aromatic N) is 1. The Labute approximate surface area is 175 Å². The number of anilines is 1. The van der Waals surface area contributed by atoms with Crippen molar-refractivity contribution in [2.45, 2.75) is 51.0 Å². The molecule has 0 aromatic heterocycles. The summed E-state index contributed by atoms with van der Waals surface area (Å²) in [6, 6.07) is 17.6. The minimum Gasteiger partial charge on any atom is -0.497 e. The largest absolute Gasteiger partial charge is 0.497 e. The number of carbonyl (C=O) groups is 1. The van der Waals surface area contributed by atoms with E-state index in [2.05, 4.69) is 58.2 Å². The lowest BCUT2D eigenvalue weighted by molar-refractivity contribution is -0.134. The fourth-order valence-corrected chi connectivity index (χ4v) is 4.33. The number of carbonyl (C=O) groups excluding carboxylic acids is 1. The summed E-state index contributed by atoms with van der Waals surface area (Å²) >= 11 is 0. The molecule has 1 fully saturated rings. The number of ether oxygens (including phenoxy) is 1. The Kier molecular flexibility index (Phi) is 6.01. The molecular weight excluding hydrogens is 378 g/mol. The average molecular weight is 410 g/mol. The summed E-state index contributed by atoms with van der Waals surface area (Å²) < 4.78 is 11.8. The first-order valence-electron chi connectivity index (χ1n) is 10.0. The Bertz CT molecular complexity index is 869. The Balaban J connectivity index is 1.89. The second-order valence-electron chi connectivity index (χ2n) is 8.97. The van der Waals surface area contributed by atoms with Crippen molar-refractivity contribution in [3.63, 3.8) is 0 Å². The third-order valence-electron chi connectivity index (χ3n) is 5.95. The highest BCUT2D eigenvalue weighted by molar-refractivity contribution is 6.74. The first-order chi connectivity index (χ1) is 13.6. The molecule has 0 aliphatic carbocycles. The fraction of sp³-hybridized carbons (Fsp3) is 0.375. The highest BCUT2D eigenvalue weighted by atomic mass is 28.4. The Morgan fingerprint density at radius 1 is 1.00 bits per heavy atom. The van der Waals surface area contributed by atoms with Crippen LogP contribution in [-0.4, -0.2) is 33.5 Å². The van der Waals surface area contributed by atoms with Crippen LogP contribution in [0, 0.1) is 0 Å². The summed E-state index contributed by atoms with van der Waals surface area (Å²) in [5.41, 5.74) is 1.96. The van der Waals surface area contributed by atoms with Crippen LogP contribution in [0.5, 0.6) is 5.75 Å². The summed E-state index contributed by atoms with van der Waals surface area (Å²) in [5.74, 6) is 0.787. The lowest BCUT2D eigenvalue weighted by Crippen LogP contribution is -2.68. The molecular formula is C24H31NO3Si. The molecule has 2 aromatic carbocycles. The van der Waals surface area contributed by atoms with Gasteiger partial charge in [0, 0.05) is 5.69 Å². The third kappa shape index (κ3) is 4.46.